The second-order valence-corrected chi connectivity index (χ2v) is 12.4. The molecule has 0 radical (unpaired) electrons. The van der Waals surface area contributed by atoms with Gasteiger partial charge in [0.2, 0.25) is 5.95 Å². The first-order valence-electron chi connectivity index (χ1n) is 15.2. The first-order valence-corrected chi connectivity index (χ1v) is 15.2. The van der Waals surface area contributed by atoms with Crippen LogP contribution in [0.25, 0.3) is 11.3 Å². The lowest BCUT2D eigenvalue weighted by molar-refractivity contribution is 0.0932. The van der Waals surface area contributed by atoms with Crippen LogP contribution in [-0.2, 0) is 5.41 Å². The van der Waals surface area contributed by atoms with Gasteiger partial charge in [0.1, 0.15) is 0 Å². The number of hydrogen-bond donors (Lipinski definition) is 3. The van der Waals surface area contributed by atoms with Crippen LogP contribution in [-0.4, -0.2) is 27.8 Å². The third-order valence-corrected chi connectivity index (χ3v) is 8.12. The Morgan fingerprint density at radius 3 is 2.12 bits per heavy atom. The minimum Gasteiger partial charge on any atom is -0.349 e. The monoisotopic (exact) mass is 575 g/mol. The van der Waals surface area contributed by atoms with Crippen LogP contribution in [0, 0.1) is 6.92 Å². The maximum atomic E-state index is 13.0. The van der Waals surface area contributed by atoms with E-state index in [-0.39, 0.29) is 23.3 Å². The highest BCUT2D eigenvalue weighted by Crippen LogP contribution is 2.29. The fraction of sp³-hybridized carbons (Fsp3) is 0.333. The summed E-state index contributed by atoms with van der Waals surface area (Å²) in [4.78, 5) is 34.9. The highest BCUT2D eigenvalue weighted by Gasteiger charge is 2.17. The van der Waals surface area contributed by atoms with Crippen LogP contribution in [0.4, 0.5) is 17.3 Å². The molecule has 1 saturated carbocycles. The number of carbonyl (C=O) groups excluding carboxylic acids is 2. The summed E-state index contributed by atoms with van der Waals surface area (Å²) in [5, 5.41) is 9.51. The molecule has 222 valence electrons. The number of aromatic nitrogens is 2. The van der Waals surface area contributed by atoms with Crippen molar-refractivity contribution in [2.24, 2.45) is 0 Å². The van der Waals surface area contributed by atoms with Crippen molar-refractivity contribution in [2.75, 3.05) is 10.6 Å². The Balaban J connectivity index is 1.25. The topological polar surface area (TPSA) is 96.0 Å². The number of anilines is 3. The van der Waals surface area contributed by atoms with Crippen LogP contribution in [0.5, 0.6) is 0 Å². The Bertz CT molecular complexity index is 1570. The van der Waals surface area contributed by atoms with Crippen LogP contribution >= 0.6 is 0 Å². The van der Waals surface area contributed by atoms with E-state index in [1.807, 2.05) is 79.7 Å². The normalized spacial score (nSPS) is 14.0. The van der Waals surface area contributed by atoms with Gasteiger partial charge >= 0.3 is 0 Å². The predicted octanol–water partition coefficient (Wildman–Crippen LogP) is 8.20. The van der Waals surface area contributed by atoms with Crippen LogP contribution in [0.1, 0.15) is 91.1 Å². The van der Waals surface area contributed by atoms with Crippen molar-refractivity contribution in [3.8, 4) is 11.3 Å². The maximum Gasteiger partial charge on any atom is 0.255 e. The number of amides is 2. The van der Waals surface area contributed by atoms with Gasteiger partial charge in [0, 0.05) is 40.3 Å². The molecule has 0 spiro atoms. The number of carbonyl (C=O) groups is 2. The van der Waals surface area contributed by atoms with E-state index in [0.29, 0.717) is 17.1 Å². The lowest BCUT2D eigenvalue weighted by atomic mass is 9.86. The lowest BCUT2D eigenvalue weighted by Gasteiger charge is -2.19. The summed E-state index contributed by atoms with van der Waals surface area (Å²) in [6.07, 6.45) is 8.68. The molecule has 0 bridgehead atoms. The summed E-state index contributed by atoms with van der Waals surface area (Å²) in [6.45, 7) is 8.43. The van der Waals surface area contributed by atoms with Gasteiger partial charge in [-0.2, -0.15) is 0 Å². The molecule has 0 unspecified atom stereocenters. The molecule has 0 aliphatic heterocycles. The average molecular weight is 576 g/mol. The van der Waals surface area contributed by atoms with Crippen molar-refractivity contribution < 1.29 is 9.59 Å². The molecule has 1 fully saturated rings. The van der Waals surface area contributed by atoms with E-state index < -0.39 is 0 Å². The molecule has 5 rings (SSSR count). The number of benzene rings is 3. The highest BCUT2D eigenvalue weighted by atomic mass is 16.2. The van der Waals surface area contributed by atoms with Crippen molar-refractivity contribution >= 4 is 29.1 Å². The molecule has 3 aromatic carbocycles. The lowest BCUT2D eigenvalue weighted by Crippen LogP contribution is -2.34. The van der Waals surface area contributed by atoms with E-state index in [9.17, 15) is 9.59 Å². The quantitative estimate of drug-likeness (QED) is 0.193. The summed E-state index contributed by atoms with van der Waals surface area (Å²) in [5.41, 5.74) is 6.53. The molecule has 7 heteroatoms. The molecule has 2 amide bonds. The van der Waals surface area contributed by atoms with Crippen molar-refractivity contribution in [1.29, 1.82) is 0 Å². The molecule has 1 aromatic heterocycles. The second kappa shape index (κ2) is 13.2. The highest BCUT2D eigenvalue weighted by molar-refractivity contribution is 6.05. The Morgan fingerprint density at radius 1 is 0.791 bits per heavy atom. The maximum absolute atomic E-state index is 13.0. The van der Waals surface area contributed by atoms with Crippen molar-refractivity contribution in [3.05, 3.63) is 101 Å². The molecule has 0 saturated heterocycles. The van der Waals surface area contributed by atoms with Gasteiger partial charge in [0.25, 0.3) is 11.8 Å². The molecule has 1 aliphatic rings. The predicted molar refractivity (Wildman–Crippen MR) is 174 cm³/mol. The zero-order chi connectivity index (χ0) is 30.4. The molecular formula is C36H41N5O2. The van der Waals surface area contributed by atoms with Gasteiger partial charge in [-0.05, 0) is 84.8 Å². The molecule has 3 N–H and O–H groups in total. The van der Waals surface area contributed by atoms with Gasteiger partial charge in [0.05, 0.1) is 5.69 Å². The van der Waals surface area contributed by atoms with E-state index in [2.05, 4.69) is 41.7 Å². The molecule has 0 atom stereocenters. The number of nitrogens with one attached hydrogen (secondary N) is 3. The fourth-order valence-corrected chi connectivity index (χ4v) is 5.46. The van der Waals surface area contributed by atoms with E-state index in [1.54, 1.807) is 6.20 Å². The van der Waals surface area contributed by atoms with E-state index in [0.717, 1.165) is 41.0 Å². The number of nitrogens with zero attached hydrogens (tertiary/aromatic N) is 2. The zero-order valence-corrected chi connectivity index (χ0v) is 25.5. The third-order valence-electron chi connectivity index (χ3n) is 8.12. The minimum absolute atomic E-state index is 0.0266. The van der Waals surface area contributed by atoms with E-state index >= 15 is 0 Å². The number of hydrogen-bond acceptors (Lipinski definition) is 5. The minimum atomic E-state index is -0.155. The van der Waals surface area contributed by atoms with Crippen LogP contribution in [0.15, 0.2) is 79.0 Å². The van der Waals surface area contributed by atoms with Gasteiger partial charge in [-0.3, -0.25) is 9.59 Å². The largest absolute Gasteiger partial charge is 0.349 e. The van der Waals surface area contributed by atoms with Crippen molar-refractivity contribution in [3.63, 3.8) is 0 Å². The molecular weight excluding hydrogens is 534 g/mol. The summed E-state index contributed by atoms with van der Waals surface area (Å²) >= 11 is 0. The van der Waals surface area contributed by atoms with E-state index in [4.69, 9.17) is 4.98 Å². The third kappa shape index (κ3) is 7.66. The van der Waals surface area contributed by atoms with Gasteiger partial charge in [0.15, 0.2) is 0 Å². The van der Waals surface area contributed by atoms with Gasteiger partial charge in [-0.25, -0.2) is 9.97 Å². The summed E-state index contributed by atoms with van der Waals surface area (Å²) in [7, 11) is 0. The summed E-state index contributed by atoms with van der Waals surface area (Å²) in [6, 6.07) is 23.0. The smallest absolute Gasteiger partial charge is 0.255 e. The molecule has 1 heterocycles. The Labute approximate surface area is 254 Å². The number of rotatable bonds is 7. The van der Waals surface area contributed by atoms with Crippen LogP contribution < -0.4 is 16.0 Å². The Kier molecular flexibility index (Phi) is 9.19. The zero-order valence-electron chi connectivity index (χ0n) is 25.5. The molecule has 1 aliphatic carbocycles. The Hall–Kier alpha value is -4.52. The van der Waals surface area contributed by atoms with Crippen LogP contribution in [0.3, 0.4) is 0 Å². The summed E-state index contributed by atoms with van der Waals surface area (Å²) < 4.78 is 0. The Morgan fingerprint density at radius 2 is 1.44 bits per heavy atom. The van der Waals surface area contributed by atoms with Crippen molar-refractivity contribution in [1.82, 2.24) is 15.3 Å². The molecule has 7 nitrogen and oxygen atoms in total. The molecule has 4 aromatic rings. The standard InChI is InChI=1S/C36H41N5O2/c1-24-30(12-9-13-31(24)40-34(43)25-14-18-27(19-15-25)36(2,3)4)32-22-23-37-35(41-32)39-29-20-16-26(17-21-29)33(42)38-28-10-7-5-6-8-11-28/h9,12-23,28H,5-8,10-11H2,1-4H3,(H,38,42)(H,40,43)(H,37,39,41). The fourth-order valence-electron chi connectivity index (χ4n) is 5.46. The van der Waals surface area contributed by atoms with Gasteiger partial charge in [-0.1, -0.05) is 70.7 Å². The van der Waals surface area contributed by atoms with Gasteiger partial charge in [-0.15, -0.1) is 0 Å². The van der Waals surface area contributed by atoms with Crippen LogP contribution in [0.2, 0.25) is 0 Å². The molecule has 43 heavy (non-hydrogen) atoms. The first kappa shape index (κ1) is 30.0. The van der Waals surface area contributed by atoms with Crippen molar-refractivity contribution in [2.45, 2.75) is 77.7 Å². The SMILES string of the molecule is Cc1c(NC(=O)c2ccc(C(C)(C)C)cc2)cccc1-c1ccnc(Nc2ccc(C(=O)NC3CCCCCC3)cc2)n1. The average Bonchev–Trinajstić information content (AvgIpc) is 3.27. The summed E-state index contributed by atoms with van der Waals surface area (Å²) in [5.74, 6) is 0.263. The second-order valence-electron chi connectivity index (χ2n) is 12.4. The van der Waals surface area contributed by atoms with Gasteiger partial charge < -0.3 is 16.0 Å². The first-order chi connectivity index (χ1) is 20.7. The van der Waals surface area contributed by atoms with E-state index in [1.165, 1.54) is 31.2 Å².